The van der Waals surface area contributed by atoms with Gasteiger partial charge < -0.3 is 4.74 Å². The van der Waals surface area contributed by atoms with Crippen LogP contribution in [-0.4, -0.2) is 30.7 Å². The van der Waals surface area contributed by atoms with E-state index >= 15 is 0 Å². The molecule has 0 aliphatic rings. The summed E-state index contributed by atoms with van der Waals surface area (Å²) in [7, 11) is 2.39. The monoisotopic (exact) mass is 291 g/mol. The maximum Gasteiger partial charge on any atom is 0.296 e. The highest BCUT2D eigenvalue weighted by Crippen LogP contribution is 2.30. The van der Waals surface area contributed by atoms with Crippen molar-refractivity contribution in [1.29, 1.82) is 0 Å². The average molecular weight is 292 g/mol. The van der Waals surface area contributed by atoms with Crippen LogP contribution in [0.15, 0.2) is 23.4 Å². The Morgan fingerprint density at radius 3 is 2.72 bits per heavy atom. The number of ether oxygens (including phenoxy) is 1. The first-order chi connectivity index (χ1) is 8.43. The number of methoxy groups -OCH3 is 1. The number of nitrogens with zero attached hydrogens (tertiary/aromatic N) is 2. The number of H-pyrrole nitrogens is 1. The predicted molar refractivity (Wildman–Crippen MR) is 61.4 cm³/mol. The fraction of sp³-hybridized carbons (Fsp3) is 0.111. The zero-order valence-corrected chi connectivity index (χ0v) is 10.6. The molecule has 96 valence electrons. The van der Waals surface area contributed by atoms with Crippen LogP contribution < -0.4 is 4.74 Å². The van der Waals surface area contributed by atoms with Crippen LogP contribution in [0.5, 0.6) is 5.75 Å². The van der Waals surface area contributed by atoms with Gasteiger partial charge in [0, 0.05) is 10.7 Å². The Kier molecular flexibility index (Phi) is 3.22. The molecule has 0 bridgehead atoms. The lowest BCUT2D eigenvalue weighted by molar-refractivity contribution is 0.413. The zero-order valence-electron chi connectivity index (χ0n) is 9.02. The van der Waals surface area contributed by atoms with Crippen LogP contribution in [0.1, 0.15) is 0 Å². The van der Waals surface area contributed by atoms with E-state index in [0.29, 0.717) is 0 Å². The number of rotatable bonds is 3. The third-order valence-corrected chi connectivity index (χ3v) is 3.20. The lowest BCUT2D eigenvalue weighted by Crippen LogP contribution is -1.94. The molecule has 0 aliphatic heterocycles. The first-order valence-corrected chi connectivity index (χ1v) is 6.94. The van der Waals surface area contributed by atoms with E-state index in [9.17, 15) is 12.8 Å². The number of nitrogens with one attached hydrogen (secondary N) is 1. The molecule has 1 aromatic heterocycles. The second-order valence-corrected chi connectivity index (χ2v) is 5.70. The Morgan fingerprint density at radius 1 is 1.44 bits per heavy atom. The summed E-state index contributed by atoms with van der Waals surface area (Å²) in [5, 5.41) is 5.17. The number of halogens is 2. The number of hydrogen-bond acceptors (Lipinski definition) is 5. The minimum Gasteiger partial charge on any atom is -0.496 e. The van der Waals surface area contributed by atoms with Crippen molar-refractivity contribution in [3.05, 3.63) is 24.0 Å². The molecule has 0 fully saturated rings. The van der Waals surface area contributed by atoms with E-state index in [1.54, 1.807) is 0 Å². The smallest absolute Gasteiger partial charge is 0.296 e. The Hall–Kier alpha value is -1.67. The highest BCUT2D eigenvalue weighted by molar-refractivity contribution is 8.13. The molecule has 2 aromatic rings. The number of aromatic nitrogens is 3. The minimum absolute atomic E-state index is 0.0391. The molecule has 2 rings (SSSR count). The van der Waals surface area contributed by atoms with Gasteiger partial charge in [-0.3, -0.25) is 0 Å². The standard InChI is InChI=1S/C9H7ClFN3O3S/c1-17-6-4-2-3-5(11)7(6)8-12-9(14-13-8)18(10,15)16/h2-4H,1H3,(H,12,13,14). The molecule has 0 saturated carbocycles. The van der Waals surface area contributed by atoms with Crippen molar-refractivity contribution in [3.8, 4) is 17.1 Å². The first kappa shape index (κ1) is 12.8. The van der Waals surface area contributed by atoms with Crippen LogP contribution in [0.25, 0.3) is 11.4 Å². The van der Waals surface area contributed by atoms with Crippen molar-refractivity contribution < 1.29 is 17.5 Å². The van der Waals surface area contributed by atoms with Gasteiger partial charge in [0.15, 0.2) is 5.82 Å². The molecule has 0 atom stereocenters. The molecular weight excluding hydrogens is 285 g/mol. The molecule has 1 heterocycles. The fourth-order valence-electron chi connectivity index (χ4n) is 1.36. The zero-order chi connectivity index (χ0) is 13.3. The van der Waals surface area contributed by atoms with Gasteiger partial charge in [-0.05, 0) is 12.1 Å². The van der Waals surface area contributed by atoms with Crippen molar-refractivity contribution in [1.82, 2.24) is 15.2 Å². The van der Waals surface area contributed by atoms with Crippen molar-refractivity contribution >= 4 is 19.7 Å². The van der Waals surface area contributed by atoms with Gasteiger partial charge in [0.25, 0.3) is 14.2 Å². The van der Waals surface area contributed by atoms with E-state index in [4.69, 9.17) is 15.4 Å². The van der Waals surface area contributed by atoms with Gasteiger partial charge in [0.2, 0.25) is 0 Å². The summed E-state index contributed by atoms with van der Waals surface area (Å²) in [5.74, 6) is -0.594. The van der Waals surface area contributed by atoms with Gasteiger partial charge in [-0.15, -0.1) is 0 Å². The molecular formula is C9H7ClFN3O3S. The molecule has 1 aromatic carbocycles. The largest absolute Gasteiger partial charge is 0.496 e. The van der Waals surface area contributed by atoms with E-state index in [1.165, 1.54) is 25.3 Å². The van der Waals surface area contributed by atoms with Crippen molar-refractivity contribution in [3.63, 3.8) is 0 Å². The van der Waals surface area contributed by atoms with Crippen molar-refractivity contribution in [2.45, 2.75) is 5.16 Å². The molecule has 1 N–H and O–H groups in total. The normalized spacial score (nSPS) is 11.5. The van der Waals surface area contributed by atoms with E-state index in [-0.39, 0.29) is 17.1 Å². The van der Waals surface area contributed by atoms with Crippen molar-refractivity contribution in [2.24, 2.45) is 0 Å². The van der Waals surface area contributed by atoms with Crippen LogP contribution >= 0.6 is 10.7 Å². The third-order valence-electron chi connectivity index (χ3n) is 2.11. The van der Waals surface area contributed by atoms with Gasteiger partial charge in [-0.25, -0.2) is 17.9 Å². The summed E-state index contributed by atoms with van der Waals surface area (Å²) >= 11 is 0. The maximum absolute atomic E-state index is 13.7. The summed E-state index contributed by atoms with van der Waals surface area (Å²) in [6.07, 6.45) is 0. The molecule has 0 radical (unpaired) electrons. The second kappa shape index (κ2) is 4.54. The molecule has 0 saturated heterocycles. The van der Waals surface area contributed by atoms with Crippen molar-refractivity contribution in [2.75, 3.05) is 7.11 Å². The summed E-state index contributed by atoms with van der Waals surface area (Å²) in [6.45, 7) is 0. The Balaban J connectivity index is 2.60. The highest BCUT2D eigenvalue weighted by atomic mass is 35.7. The topological polar surface area (TPSA) is 84.9 Å². The number of benzene rings is 1. The van der Waals surface area contributed by atoms with E-state index in [1.807, 2.05) is 0 Å². The summed E-state index contributed by atoms with van der Waals surface area (Å²) in [6, 6.07) is 4.14. The third kappa shape index (κ3) is 2.29. The van der Waals surface area contributed by atoms with Gasteiger partial charge in [-0.2, -0.15) is 10.1 Å². The predicted octanol–water partition coefficient (Wildman–Crippen LogP) is 1.55. The number of aromatic amines is 1. The summed E-state index contributed by atoms with van der Waals surface area (Å²) in [4.78, 5) is 3.61. The number of hydrogen-bond donors (Lipinski definition) is 1. The lowest BCUT2D eigenvalue weighted by Gasteiger charge is -2.05. The van der Waals surface area contributed by atoms with Crippen LogP contribution in [-0.2, 0) is 9.05 Å². The van der Waals surface area contributed by atoms with E-state index < -0.39 is 20.0 Å². The Bertz CT molecular complexity index is 686. The molecule has 6 nitrogen and oxygen atoms in total. The summed E-state index contributed by atoms with van der Waals surface area (Å²) < 4.78 is 40.7. The summed E-state index contributed by atoms with van der Waals surface area (Å²) in [5.41, 5.74) is -0.0391. The SMILES string of the molecule is COc1cccc(F)c1-c1n[nH]c(S(=O)(=O)Cl)n1. The van der Waals surface area contributed by atoms with Crippen LogP contribution in [0.3, 0.4) is 0 Å². The van der Waals surface area contributed by atoms with Gasteiger partial charge in [0.1, 0.15) is 11.6 Å². The first-order valence-electron chi connectivity index (χ1n) is 4.63. The molecule has 0 unspecified atom stereocenters. The highest BCUT2D eigenvalue weighted by Gasteiger charge is 2.21. The Labute approximate surface area is 106 Å². The minimum atomic E-state index is -4.04. The van der Waals surface area contributed by atoms with Crippen LogP contribution in [0, 0.1) is 5.82 Å². The molecule has 0 spiro atoms. The molecule has 0 aliphatic carbocycles. The fourth-order valence-corrected chi connectivity index (χ4v) is 1.92. The van der Waals surface area contributed by atoms with Crippen LogP contribution in [0.4, 0.5) is 4.39 Å². The average Bonchev–Trinajstić information content (AvgIpc) is 2.77. The van der Waals surface area contributed by atoms with Gasteiger partial charge in [-0.1, -0.05) is 6.07 Å². The molecule has 9 heteroatoms. The molecule has 0 amide bonds. The quantitative estimate of drug-likeness (QED) is 0.867. The lowest BCUT2D eigenvalue weighted by atomic mass is 10.2. The van der Waals surface area contributed by atoms with Gasteiger partial charge in [0.05, 0.1) is 12.7 Å². The Morgan fingerprint density at radius 2 is 2.17 bits per heavy atom. The van der Waals surface area contributed by atoms with E-state index in [2.05, 4.69) is 15.2 Å². The molecule has 18 heavy (non-hydrogen) atoms. The van der Waals surface area contributed by atoms with E-state index in [0.717, 1.165) is 0 Å². The second-order valence-electron chi connectivity index (χ2n) is 3.22. The maximum atomic E-state index is 13.7. The van der Waals surface area contributed by atoms with Crippen LogP contribution in [0.2, 0.25) is 0 Å². The van der Waals surface area contributed by atoms with Gasteiger partial charge >= 0.3 is 0 Å².